The summed E-state index contributed by atoms with van der Waals surface area (Å²) in [5.41, 5.74) is 0.667. The van der Waals surface area contributed by atoms with E-state index in [1.54, 1.807) is 45.2 Å². The second-order valence-corrected chi connectivity index (χ2v) is 6.95. The molecule has 1 aromatic rings. The number of methoxy groups -OCH3 is 1. The molecular formula is C19H25N3O6. The number of amides is 3. The molecule has 1 aliphatic heterocycles. The summed E-state index contributed by atoms with van der Waals surface area (Å²) in [6, 6.07) is 6.08. The van der Waals surface area contributed by atoms with Crippen LogP contribution in [0.25, 0.3) is 0 Å². The quantitative estimate of drug-likeness (QED) is 0.589. The van der Waals surface area contributed by atoms with Gasteiger partial charge in [0.1, 0.15) is 18.3 Å². The van der Waals surface area contributed by atoms with Crippen molar-refractivity contribution in [3.63, 3.8) is 0 Å². The van der Waals surface area contributed by atoms with Gasteiger partial charge in [0.15, 0.2) is 0 Å². The number of benzene rings is 1. The Bertz CT molecular complexity index is 747. The summed E-state index contributed by atoms with van der Waals surface area (Å²) in [4.78, 5) is 49.3. The van der Waals surface area contributed by atoms with Crippen LogP contribution in [0.4, 0.5) is 5.69 Å². The summed E-state index contributed by atoms with van der Waals surface area (Å²) < 4.78 is 5.10. The molecule has 1 fully saturated rings. The zero-order valence-electron chi connectivity index (χ0n) is 16.1. The fourth-order valence-corrected chi connectivity index (χ4v) is 2.97. The number of aliphatic carboxylic acids is 1. The van der Waals surface area contributed by atoms with E-state index >= 15 is 0 Å². The van der Waals surface area contributed by atoms with E-state index in [1.165, 1.54) is 4.90 Å². The van der Waals surface area contributed by atoms with Gasteiger partial charge in [-0.25, -0.2) is 0 Å². The first-order chi connectivity index (χ1) is 13.2. The standard InChI is InChI=1S/C19H25N3O6/c1-11(2)17(19(27)20-9-16(24)25)21-18(26)12-8-15(23)22(10-12)13-4-6-14(28-3)7-5-13/h4-7,11-12,17H,8-10H2,1-3H3,(H,20,27)(H,21,26)(H,24,25)/t12-,17+/m1/s1. The van der Waals surface area contributed by atoms with Crippen molar-refractivity contribution in [3.05, 3.63) is 24.3 Å². The molecule has 28 heavy (non-hydrogen) atoms. The van der Waals surface area contributed by atoms with Crippen LogP contribution in [0.5, 0.6) is 5.75 Å². The Morgan fingerprint density at radius 1 is 1.25 bits per heavy atom. The molecule has 0 bridgehead atoms. The van der Waals surface area contributed by atoms with Crippen LogP contribution in [0, 0.1) is 11.8 Å². The topological polar surface area (TPSA) is 125 Å². The number of hydrogen-bond donors (Lipinski definition) is 3. The number of carboxylic acids is 1. The molecule has 9 nitrogen and oxygen atoms in total. The summed E-state index contributed by atoms with van der Waals surface area (Å²) >= 11 is 0. The monoisotopic (exact) mass is 391 g/mol. The molecule has 1 heterocycles. The first-order valence-electron chi connectivity index (χ1n) is 8.97. The third-order valence-corrected chi connectivity index (χ3v) is 4.54. The van der Waals surface area contributed by atoms with E-state index in [-0.39, 0.29) is 24.8 Å². The van der Waals surface area contributed by atoms with Crippen molar-refractivity contribution in [2.24, 2.45) is 11.8 Å². The van der Waals surface area contributed by atoms with Crippen LogP contribution >= 0.6 is 0 Å². The van der Waals surface area contributed by atoms with Crippen molar-refractivity contribution < 1.29 is 29.0 Å². The van der Waals surface area contributed by atoms with E-state index in [2.05, 4.69) is 10.6 Å². The number of ether oxygens (including phenoxy) is 1. The van der Waals surface area contributed by atoms with Gasteiger partial charge in [0.25, 0.3) is 0 Å². The van der Waals surface area contributed by atoms with Crippen molar-refractivity contribution in [1.29, 1.82) is 0 Å². The lowest BCUT2D eigenvalue weighted by Gasteiger charge is -2.23. The third kappa shape index (κ3) is 5.21. The number of anilines is 1. The Hall–Kier alpha value is -3.10. The molecule has 0 aliphatic carbocycles. The van der Waals surface area contributed by atoms with E-state index in [4.69, 9.17) is 9.84 Å². The van der Waals surface area contributed by atoms with E-state index in [0.29, 0.717) is 11.4 Å². The molecule has 1 saturated heterocycles. The largest absolute Gasteiger partial charge is 0.497 e. The van der Waals surface area contributed by atoms with Gasteiger partial charge in [-0.15, -0.1) is 0 Å². The second-order valence-electron chi connectivity index (χ2n) is 6.95. The molecule has 3 N–H and O–H groups in total. The van der Waals surface area contributed by atoms with Gasteiger partial charge in [-0.3, -0.25) is 19.2 Å². The summed E-state index contributed by atoms with van der Waals surface area (Å²) in [5, 5.41) is 13.6. The zero-order chi connectivity index (χ0) is 20.8. The van der Waals surface area contributed by atoms with Gasteiger partial charge < -0.3 is 25.4 Å². The molecule has 2 rings (SSSR count). The zero-order valence-corrected chi connectivity index (χ0v) is 16.1. The molecular weight excluding hydrogens is 366 g/mol. The van der Waals surface area contributed by atoms with Gasteiger partial charge in [0, 0.05) is 18.7 Å². The van der Waals surface area contributed by atoms with Crippen LogP contribution in [-0.4, -0.2) is 55.0 Å². The highest BCUT2D eigenvalue weighted by Crippen LogP contribution is 2.27. The first-order valence-corrected chi connectivity index (χ1v) is 8.97. The lowest BCUT2D eigenvalue weighted by molar-refractivity contribution is -0.138. The van der Waals surface area contributed by atoms with Crippen molar-refractivity contribution in [3.8, 4) is 5.75 Å². The Labute approximate surface area is 163 Å². The summed E-state index contributed by atoms with van der Waals surface area (Å²) in [6.45, 7) is 3.17. The highest BCUT2D eigenvalue weighted by Gasteiger charge is 2.37. The number of carboxylic acid groups (broad SMARTS) is 1. The van der Waals surface area contributed by atoms with Gasteiger partial charge in [-0.2, -0.15) is 0 Å². The Kier molecular flexibility index (Phi) is 6.97. The van der Waals surface area contributed by atoms with Crippen LogP contribution in [0.1, 0.15) is 20.3 Å². The minimum absolute atomic E-state index is 0.0411. The Balaban J connectivity index is 2.01. The summed E-state index contributed by atoms with van der Waals surface area (Å²) in [7, 11) is 1.55. The van der Waals surface area contributed by atoms with Gasteiger partial charge in [0.05, 0.1) is 13.0 Å². The molecule has 1 aliphatic rings. The fraction of sp³-hybridized carbons (Fsp3) is 0.474. The molecule has 0 aromatic heterocycles. The van der Waals surface area contributed by atoms with Gasteiger partial charge in [-0.1, -0.05) is 13.8 Å². The smallest absolute Gasteiger partial charge is 0.322 e. The molecule has 3 amide bonds. The molecule has 0 unspecified atom stereocenters. The van der Waals surface area contributed by atoms with Crippen molar-refractivity contribution in [2.45, 2.75) is 26.3 Å². The van der Waals surface area contributed by atoms with Crippen LogP contribution in [0.15, 0.2) is 24.3 Å². The van der Waals surface area contributed by atoms with Gasteiger partial charge >= 0.3 is 5.97 Å². The molecule has 1 aromatic carbocycles. The molecule has 2 atom stereocenters. The minimum Gasteiger partial charge on any atom is -0.497 e. The SMILES string of the molecule is COc1ccc(N2C[C@H](C(=O)N[C@H](C(=O)NCC(=O)O)C(C)C)CC2=O)cc1. The molecule has 0 radical (unpaired) electrons. The minimum atomic E-state index is -1.17. The van der Waals surface area contributed by atoms with Crippen LogP contribution in [0.3, 0.4) is 0 Å². The lowest BCUT2D eigenvalue weighted by atomic mass is 10.0. The maximum atomic E-state index is 12.6. The number of nitrogens with one attached hydrogen (secondary N) is 2. The average Bonchev–Trinajstić information content (AvgIpc) is 3.05. The fourth-order valence-electron chi connectivity index (χ4n) is 2.97. The van der Waals surface area contributed by atoms with Crippen molar-refractivity contribution in [1.82, 2.24) is 10.6 Å². The first kappa shape index (κ1) is 21.2. The van der Waals surface area contributed by atoms with E-state index in [9.17, 15) is 19.2 Å². The Morgan fingerprint density at radius 3 is 2.43 bits per heavy atom. The number of carbonyl (C=O) groups excluding carboxylic acids is 3. The molecule has 0 saturated carbocycles. The molecule has 152 valence electrons. The van der Waals surface area contributed by atoms with Crippen molar-refractivity contribution in [2.75, 3.05) is 25.1 Å². The maximum absolute atomic E-state index is 12.6. The number of nitrogens with zero attached hydrogens (tertiary/aromatic N) is 1. The average molecular weight is 391 g/mol. The Morgan fingerprint density at radius 2 is 1.89 bits per heavy atom. The highest BCUT2D eigenvalue weighted by atomic mass is 16.5. The highest BCUT2D eigenvalue weighted by molar-refractivity contribution is 6.01. The van der Waals surface area contributed by atoms with E-state index < -0.39 is 36.3 Å². The van der Waals surface area contributed by atoms with Crippen LogP contribution < -0.4 is 20.3 Å². The predicted octanol–water partition coefficient (Wildman–Crippen LogP) is 0.390. The molecule has 9 heteroatoms. The maximum Gasteiger partial charge on any atom is 0.322 e. The van der Waals surface area contributed by atoms with E-state index in [0.717, 1.165) is 0 Å². The predicted molar refractivity (Wildman–Crippen MR) is 101 cm³/mol. The van der Waals surface area contributed by atoms with Gasteiger partial charge in [-0.05, 0) is 30.2 Å². The number of hydrogen-bond acceptors (Lipinski definition) is 5. The normalized spacial score (nSPS) is 17.4. The second kappa shape index (κ2) is 9.20. The van der Waals surface area contributed by atoms with Crippen molar-refractivity contribution >= 4 is 29.4 Å². The number of rotatable bonds is 8. The molecule has 0 spiro atoms. The number of carbonyl (C=O) groups is 4. The lowest BCUT2D eigenvalue weighted by Crippen LogP contribution is -2.52. The van der Waals surface area contributed by atoms with E-state index in [1.807, 2.05) is 0 Å². The summed E-state index contributed by atoms with van der Waals surface area (Å²) in [5.74, 6) is -2.50. The summed E-state index contributed by atoms with van der Waals surface area (Å²) in [6.07, 6.45) is 0.0411. The third-order valence-electron chi connectivity index (χ3n) is 4.54. The van der Waals surface area contributed by atoms with Crippen LogP contribution in [0.2, 0.25) is 0 Å². The van der Waals surface area contributed by atoms with Gasteiger partial charge in [0.2, 0.25) is 17.7 Å². The van der Waals surface area contributed by atoms with Crippen LogP contribution in [-0.2, 0) is 19.2 Å².